The predicted octanol–water partition coefficient (Wildman–Crippen LogP) is 5.68. The van der Waals surface area contributed by atoms with Gasteiger partial charge in [-0.2, -0.15) is 0 Å². The van der Waals surface area contributed by atoms with Crippen LogP contribution in [0.25, 0.3) is 11.1 Å². The van der Waals surface area contributed by atoms with Crippen molar-refractivity contribution in [2.24, 2.45) is 0 Å². The van der Waals surface area contributed by atoms with Crippen molar-refractivity contribution in [2.75, 3.05) is 11.9 Å². The van der Waals surface area contributed by atoms with E-state index >= 15 is 0 Å². The maximum absolute atomic E-state index is 12.6. The van der Waals surface area contributed by atoms with Crippen molar-refractivity contribution < 1.29 is 24.2 Å². The van der Waals surface area contributed by atoms with Crippen LogP contribution in [0, 0.1) is 0 Å². The number of aliphatic carboxylic acids is 1. The number of fused-ring (bicyclic) bond motifs is 3. The van der Waals surface area contributed by atoms with Crippen molar-refractivity contribution in [3.05, 3.63) is 88.4 Å². The Labute approximate surface area is 208 Å². The second-order valence-electron chi connectivity index (χ2n) is 8.32. The number of carboxylic acid groups (broad SMARTS) is 1. The van der Waals surface area contributed by atoms with Crippen LogP contribution >= 0.6 is 11.6 Å². The van der Waals surface area contributed by atoms with Gasteiger partial charge in [-0.05, 0) is 46.9 Å². The molecule has 3 N–H and O–H groups in total. The molecule has 1 aliphatic rings. The molecule has 3 aromatic carbocycles. The molecule has 1 atom stereocenters. The Hall–Kier alpha value is -3.84. The standard InChI is InChI=1S/C27H25ClN2O5/c1-2-17(14-25(31)32)29-26(33)16-11-12-23(28)24(13-16)30-27(34)35-15-22-20-9-5-3-7-18(20)19-8-4-6-10-21(19)22/h3-13,17,22H,2,14-15H2,1H3,(H,29,33)(H,30,34)(H,31,32)/t17-/m1/s1. The fourth-order valence-corrected chi connectivity index (χ4v) is 4.45. The molecule has 1 aliphatic carbocycles. The number of anilines is 1. The number of carboxylic acids is 1. The zero-order valence-corrected chi connectivity index (χ0v) is 19.8. The minimum absolute atomic E-state index is 0.0825. The Morgan fingerprint density at radius 1 is 1.00 bits per heavy atom. The van der Waals surface area contributed by atoms with Gasteiger partial charge in [0.15, 0.2) is 0 Å². The van der Waals surface area contributed by atoms with Crippen molar-refractivity contribution in [3.63, 3.8) is 0 Å². The lowest BCUT2D eigenvalue weighted by Crippen LogP contribution is -2.36. The predicted molar refractivity (Wildman–Crippen MR) is 134 cm³/mol. The quantitative estimate of drug-likeness (QED) is 0.375. The molecule has 0 fully saturated rings. The molecule has 0 spiro atoms. The smallest absolute Gasteiger partial charge is 0.411 e. The van der Waals surface area contributed by atoms with Crippen LogP contribution in [0.1, 0.15) is 47.2 Å². The number of amides is 2. The van der Waals surface area contributed by atoms with Gasteiger partial charge in [0.2, 0.25) is 0 Å². The van der Waals surface area contributed by atoms with Gasteiger partial charge in [0.1, 0.15) is 6.61 Å². The third-order valence-corrected chi connectivity index (χ3v) is 6.39. The van der Waals surface area contributed by atoms with Gasteiger partial charge in [-0.15, -0.1) is 0 Å². The number of benzene rings is 3. The largest absolute Gasteiger partial charge is 0.481 e. The minimum Gasteiger partial charge on any atom is -0.481 e. The number of rotatable bonds is 8. The summed E-state index contributed by atoms with van der Waals surface area (Å²) in [5, 5.41) is 14.5. The highest BCUT2D eigenvalue weighted by atomic mass is 35.5. The van der Waals surface area contributed by atoms with E-state index in [0.717, 1.165) is 22.3 Å². The van der Waals surface area contributed by atoms with Crippen molar-refractivity contribution in [1.29, 1.82) is 0 Å². The molecule has 180 valence electrons. The maximum Gasteiger partial charge on any atom is 0.411 e. The number of nitrogens with one attached hydrogen (secondary N) is 2. The van der Waals surface area contributed by atoms with Crippen molar-refractivity contribution in [1.82, 2.24) is 5.32 Å². The van der Waals surface area contributed by atoms with Crippen LogP contribution in [0.3, 0.4) is 0 Å². The summed E-state index contributed by atoms with van der Waals surface area (Å²) in [5.74, 6) is -1.53. The third-order valence-electron chi connectivity index (χ3n) is 6.06. The topological polar surface area (TPSA) is 105 Å². The van der Waals surface area contributed by atoms with Crippen molar-refractivity contribution in [2.45, 2.75) is 31.7 Å². The normalized spacial score (nSPS) is 12.9. The van der Waals surface area contributed by atoms with E-state index in [1.54, 1.807) is 6.92 Å². The molecule has 7 nitrogen and oxygen atoms in total. The molecule has 0 aliphatic heterocycles. The minimum atomic E-state index is -0.995. The summed E-state index contributed by atoms with van der Waals surface area (Å²) in [6.07, 6.45) is -0.402. The number of carbonyl (C=O) groups is 3. The Balaban J connectivity index is 1.43. The van der Waals surface area contributed by atoms with Crippen LogP contribution in [-0.2, 0) is 9.53 Å². The van der Waals surface area contributed by atoms with E-state index < -0.39 is 24.0 Å². The van der Waals surface area contributed by atoms with Crippen LogP contribution in [0.2, 0.25) is 5.02 Å². The Bertz CT molecular complexity index is 1230. The highest BCUT2D eigenvalue weighted by molar-refractivity contribution is 6.33. The Morgan fingerprint density at radius 3 is 2.23 bits per heavy atom. The van der Waals surface area contributed by atoms with Crippen molar-refractivity contribution >= 4 is 35.3 Å². The summed E-state index contributed by atoms with van der Waals surface area (Å²) in [5.41, 5.74) is 4.93. The summed E-state index contributed by atoms with van der Waals surface area (Å²) >= 11 is 6.23. The molecule has 0 aromatic heterocycles. The van der Waals surface area contributed by atoms with E-state index in [0.29, 0.717) is 6.42 Å². The second-order valence-corrected chi connectivity index (χ2v) is 8.73. The van der Waals surface area contributed by atoms with Gasteiger partial charge in [0, 0.05) is 17.5 Å². The van der Waals surface area contributed by atoms with E-state index in [-0.39, 0.29) is 35.2 Å². The van der Waals surface area contributed by atoms with Gasteiger partial charge in [0.25, 0.3) is 5.91 Å². The number of carbonyl (C=O) groups excluding carboxylic acids is 2. The van der Waals surface area contributed by atoms with E-state index in [4.69, 9.17) is 21.4 Å². The van der Waals surface area contributed by atoms with E-state index in [9.17, 15) is 14.4 Å². The molecule has 0 saturated heterocycles. The SMILES string of the molecule is CC[C@H](CC(=O)O)NC(=O)c1ccc(Cl)c(NC(=O)OCC2c3ccccc3-c3ccccc32)c1. The first-order chi connectivity index (χ1) is 16.9. The van der Waals surface area contributed by atoms with Gasteiger partial charge >= 0.3 is 12.1 Å². The monoisotopic (exact) mass is 492 g/mol. The first-order valence-corrected chi connectivity index (χ1v) is 11.7. The van der Waals surface area contributed by atoms with E-state index in [2.05, 4.69) is 22.8 Å². The highest BCUT2D eigenvalue weighted by Crippen LogP contribution is 2.44. The fourth-order valence-electron chi connectivity index (χ4n) is 4.28. The highest BCUT2D eigenvalue weighted by Gasteiger charge is 2.29. The maximum atomic E-state index is 12.6. The number of halogens is 1. The average molecular weight is 493 g/mol. The zero-order valence-electron chi connectivity index (χ0n) is 19.1. The molecule has 35 heavy (non-hydrogen) atoms. The lowest BCUT2D eigenvalue weighted by Gasteiger charge is -2.16. The second kappa shape index (κ2) is 10.6. The summed E-state index contributed by atoms with van der Waals surface area (Å²) in [7, 11) is 0. The molecule has 3 aromatic rings. The number of hydrogen-bond acceptors (Lipinski definition) is 4. The number of hydrogen-bond donors (Lipinski definition) is 3. The first-order valence-electron chi connectivity index (χ1n) is 11.3. The Kier molecular flexibility index (Phi) is 7.36. The molecule has 8 heteroatoms. The van der Waals surface area contributed by atoms with E-state index in [1.165, 1.54) is 18.2 Å². The van der Waals surface area contributed by atoms with Crippen molar-refractivity contribution in [3.8, 4) is 11.1 Å². The summed E-state index contributed by atoms with van der Waals surface area (Å²) in [6, 6.07) is 20.0. The van der Waals surface area contributed by atoms with Gasteiger partial charge in [0.05, 0.1) is 17.1 Å². The molecular weight excluding hydrogens is 468 g/mol. The van der Waals surface area contributed by atoms with Crippen LogP contribution in [0.4, 0.5) is 10.5 Å². The molecule has 0 unspecified atom stereocenters. The summed E-state index contributed by atoms with van der Waals surface area (Å²) < 4.78 is 5.55. The Morgan fingerprint density at radius 2 is 1.63 bits per heavy atom. The first kappa shape index (κ1) is 24.3. The van der Waals surface area contributed by atoms with E-state index in [1.807, 2.05) is 36.4 Å². The fraction of sp³-hybridized carbons (Fsp3) is 0.222. The molecule has 0 saturated carbocycles. The number of ether oxygens (including phenoxy) is 1. The van der Waals surface area contributed by atoms with Crippen LogP contribution in [-0.4, -0.2) is 35.7 Å². The van der Waals surface area contributed by atoms with Gasteiger partial charge in [-0.25, -0.2) is 4.79 Å². The molecule has 4 rings (SSSR count). The molecule has 2 amide bonds. The molecule has 0 bridgehead atoms. The zero-order chi connectivity index (χ0) is 24.9. The molecular formula is C27H25ClN2O5. The van der Waals surface area contributed by atoms with Gasteiger partial charge < -0.3 is 15.2 Å². The summed E-state index contributed by atoms with van der Waals surface area (Å²) in [6.45, 7) is 1.94. The van der Waals surface area contributed by atoms with Crippen LogP contribution in [0.15, 0.2) is 66.7 Å². The molecule has 0 radical (unpaired) electrons. The van der Waals surface area contributed by atoms with Gasteiger partial charge in [-0.3, -0.25) is 14.9 Å². The van der Waals surface area contributed by atoms with Gasteiger partial charge in [-0.1, -0.05) is 67.1 Å². The van der Waals surface area contributed by atoms with Crippen LogP contribution < -0.4 is 10.6 Å². The average Bonchev–Trinajstić information content (AvgIpc) is 3.17. The lowest BCUT2D eigenvalue weighted by molar-refractivity contribution is -0.137. The third kappa shape index (κ3) is 5.46. The van der Waals surface area contributed by atoms with Crippen LogP contribution in [0.5, 0.6) is 0 Å². The molecule has 0 heterocycles. The summed E-state index contributed by atoms with van der Waals surface area (Å²) in [4.78, 5) is 36.2. The lowest BCUT2D eigenvalue weighted by atomic mass is 9.98.